The predicted molar refractivity (Wildman–Crippen MR) is 60.1 cm³/mol. The highest BCUT2D eigenvalue weighted by Gasteiger charge is 2.27. The van der Waals surface area contributed by atoms with Crippen LogP contribution in [0.15, 0.2) is 22.7 Å². The van der Waals surface area contributed by atoms with E-state index in [2.05, 4.69) is 15.9 Å². The first kappa shape index (κ1) is 12.6. The maximum Gasteiger partial charge on any atom is 0.191 e. The van der Waals surface area contributed by atoms with Crippen LogP contribution in [0.5, 0.6) is 0 Å². The summed E-state index contributed by atoms with van der Waals surface area (Å²) in [6.07, 6.45) is 0. The van der Waals surface area contributed by atoms with Crippen molar-refractivity contribution in [3.8, 4) is 0 Å². The van der Waals surface area contributed by atoms with Gasteiger partial charge in [-0.05, 0) is 41.9 Å². The quantitative estimate of drug-likeness (QED) is 0.785. The molecule has 1 rings (SSSR count). The molecule has 0 saturated carbocycles. The minimum Gasteiger partial charge on any atom is -0.349 e. The molecule has 1 unspecified atom stereocenters. The minimum atomic E-state index is -0.828. The average molecular weight is 277 g/mol. The second kappa shape index (κ2) is 5.05. The molecule has 1 aromatic rings. The van der Waals surface area contributed by atoms with Crippen LogP contribution in [0, 0.1) is 5.82 Å². The minimum absolute atomic E-state index is 0.297. The van der Waals surface area contributed by atoms with Crippen LogP contribution < -0.4 is 0 Å². The summed E-state index contributed by atoms with van der Waals surface area (Å²) in [5, 5.41) is 0. The fourth-order valence-electron chi connectivity index (χ4n) is 1.31. The third-order valence-electron chi connectivity index (χ3n) is 2.25. The molecule has 1 aromatic carbocycles. The highest BCUT2D eigenvalue weighted by Crippen LogP contribution is 2.29. The molecule has 0 aliphatic carbocycles. The van der Waals surface area contributed by atoms with E-state index in [1.807, 2.05) is 6.92 Å². The van der Waals surface area contributed by atoms with Crippen molar-refractivity contribution in [2.45, 2.75) is 19.6 Å². The van der Waals surface area contributed by atoms with E-state index in [1.54, 1.807) is 26.2 Å². The highest BCUT2D eigenvalue weighted by molar-refractivity contribution is 9.10. The van der Waals surface area contributed by atoms with Crippen LogP contribution in [-0.4, -0.2) is 13.7 Å². The van der Waals surface area contributed by atoms with Crippen LogP contribution >= 0.6 is 15.9 Å². The Morgan fingerprint density at radius 1 is 1.47 bits per heavy atom. The van der Waals surface area contributed by atoms with Crippen LogP contribution in [0.3, 0.4) is 0 Å². The monoisotopic (exact) mass is 276 g/mol. The summed E-state index contributed by atoms with van der Waals surface area (Å²) in [6.45, 7) is 4.21. The van der Waals surface area contributed by atoms with Crippen molar-refractivity contribution in [2.24, 2.45) is 0 Å². The lowest BCUT2D eigenvalue weighted by Gasteiger charge is -2.28. The normalized spacial score (nSPS) is 15.0. The molecule has 2 nitrogen and oxygen atoms in total. The van der Waals surface area contributed by atoms with Crippen molar-refractivity contribution in [3.05, 3.63) is 34.1 Å². The Balaban J connectivity index is 3.07. The highest BCUT2D eigenvalue weighted by atomic mass is 79.9. The first-order valence-corrected chi connectivity index (χ1v) is 5.47. The zero-order valence-corrected chi connectivity index (χ0v) is 10.6. The van der Waals surface area contributed by atoms with E-state index in [9.17, 15) is 4.39 Å². The number of halogens is 2. The predicted octanol–water partition coefficient (Wildman–Crippen LogP) is 3.44. The van der Waals surface area contributed by atoms with Gasteiger partial charge in [0.15, 0.2) is 5.79 Å². The molecule has 0 aliphatic heterocycles. The smallest absolute Gasteiger partial charge is 0.191 e. The molecule has 0 radical (unpaired) electrons. The van der Waals surface area contributed by atoms with Gasteiger partial charge in [-0.2, -0.15) is 0 Å². The van der Waals surface area contributed by atoms with Gasteiger partial charge in [-0.15, -0.1) is 0 Å². The van der Waals surface area contributed by atoms with Gasteiger partial charge in [0.2, 0.25) is 0 Å². The van der Waals surface area contributed by atoms with Gasteiger partial charge in [-0.1, -0.05) is 6.07 Å². The molecule has 1 atom stereocenters. The van der Waals surface area contributed by atoms with Crippen molar-refractivity contribution >= 4 is 15.9 Å². The summed E-state index contributed by atoms with van der Waals surface area (Å²) in [5.74, 6) is -1.13. The molecule has 15 heavy (non-hydrogen) atoms. The summed E-state index contributed by atoms with van der Waals surface area (Å²) in [5.41, 5.74) is 0.778. The van der Waals surface area contributed by atoms with Crippen molar-refractivity contribution in [2.75, 3.05) is 13.7 Å². The molecular weight excluding hydrogens is 263 g/mol. The van der Waals surface area contributed by atoms with E-state index in [1.165, 1.54) is 6.07 Å². The van der Waals surface area contributed by atoms with Crippen LogP contribution in [-0.2, 0) is 15.3 Å². The molecular formula is C11H14BrFO2. The van der Waals surface area contributed by atoms with Crippen LogP contribution in [0.25, 0.3) is 0 Å². The topological polar surface area (TPSA) is 18.5 Å². The number of hydrogen-bond acceptors (Lipinski definition) is 2. The maximum absolute atomic E-state index is 13.0. The van der Waals surface area contributed by atoms with Crippen LogP contribution in [0.1, 0.15) is 19.4 Å². The maximum atomic E-state index is 13.0. The molecule has 4 heteroatoms. The lowest BCUT2D eigenvalue weighted by molar-refractivity contribution is -0.216. The van der Waals surface area contributed by atoms with Gasteiger partial charge in [0.1, 0.15) is 5.82 Å². The Hall–Kier alpha value is -0.450. The van der Waals surface area contributed by atoms with Gasteiger partial charge in [0, 0.05) is 19.3 Å². The molecule has 0 heterocycles. The third kappa shape index (κ3) is 2.77. The number of methoxy groups -OCH3 is 1. The van der Waals surface area contributed by atoms with E-state index in [0.717, 1.165) is 5.56 Å². The molecule has 0 aromatic heterocycles. The van der Waals surface area contributed by atoms with Gasteiger partial charge in [-0.25, -0.2) is 4.39 Å². The summed E-state index contributed by atoms with van der Waals surface area (Å²) in [7, 11) is 1.56. The second-order valence-corrected chi connectivity index (χ2v) is 4.07. The van der Waals surface area contributed by atoms with Crippen molar-refractivity contribution in [3.63, 3.8) is 0 Å². The molecule has 0 N–H and O–H groups in total. The van der Waals surface area contributed by atoms with E-state index in [-0.39, 0.29) is 5.82 Å². The van der Waals surface area contributed by atoms with Crippen molar-refractivity contribution in [1.82, 2.24) is 0 Å². The van der Waals surface area contributed by atoms with Gasteiger partial charge in [0.05, 0.1) is 4.47 Å². The van der Waals surface area contributed by atoms with Crippen LogP contribution in [0.2, 0.25) is 0 Å². The van der Waals surface area contributed by atoms with E-state index in [4.69, 9.17) is 9.47 Å². The standard InChI is InChI=1S/C11H14BrFO2/c1-4-15-11(2,14-3)8-5-6-10(13)9(12)7-8/h5-7H,4H2,1-3H3. The summed E-state index contributed by atoms with van der Waals surface area (Å²) < 4.78 is 24.2. The third-order valence-corrected chi connectivity index (χ3v) is 2.86. The lowest BCUT2D eigenvalue weighted by atomic mass is 10.1. The van der Waals surface area contributed by atoms with Gasteiger partial charge >= 0.3 is 0 Å². The van der Waals surface area contributed by atoms with Crippen molar-refractivity contribution in [1.29, 1.82) is 0 Å². The Morgan fingerprint density at radius 3 is 2.60 bits per heavy atom. The summed E-state index contributed by atoms with van der Waals surface area (Å²) in [6, 6.07) is 4.70. The SMILES string of the molecule is CCOC(C)(OC)c1ccc(F)c(Br)c1. The molecule has 0 fully saturated rings. The van der Waals surface area contributed by atoms with Gasteiger partial charge in [0.25, 0.3) is 0 Å². The molecule has 84 valence electrons. The Kier molecular flexibility index (Phi) is 4.25. The number of hydrogen-bond donors (Lipinski definition) is 0. The Labute approximate surface area is 97.5 Å². The molecule has 0 saturated heterocycles. The largest absolute Gasteiger partial charge is 0.349 e. The zero-order valence-electron chi connectivity index (χ0n) is 9.01. The molecule has 0 spiro atoms. The number of ether oxygens (including phenoxy) is 2. The zero-order chi connectivity index (χ0) is 11.5. The summed E-state index contributed by atoms with van der Waals surface area (Å²) >= 11 is 3.13. The Bertz CT molecular complexity index is 343. The van der Waals surface area contributed by atoms with E-state index >= 15 is 0 Å². The molecule has 0 amide bonds. The molecule has 0 bridgehead atoms. The number of rotatable bonds is 4. The van der Waals surface area contributed by atoms with E-state index < -0.39 is 5.79 Å². The second-order valence-electron chi connectivity index (χ2n) is 3.21. The number of benzene rings is 1. The fourth-order valence-corrected chi connectivity index (χ4v) is 1.69. The first-order chi connectivity index (χ1) is 7.03. The van der Waals surface area contributed by atoms with Gasteiger partial charge in [-0.3, -0.25) is 0 Å². The van der Waals surface area contributed by atoms with Gasteiger partial charge < -0.3 is 9.47 Å². The van der Waals surface area contributed by atoms with E-state index in [0.29, 0.717) is 11.1 Å². The first-order valence-electron chi connectivity index (χ1n) is 4.68. The fraction of sp³-hybridized carbons (Fsp3) is 0.455. The molecule has 0 aliphatic rings. The summed E-state index contributed by atoms with van der Waals surface area (Å²) in [4.78, 5) is 0. The lowest BCUT2D eigenvalue weighted by Crippen LogP contribution is -2.28. The average Bonchev–Trinajstić information content (AvgIpc) is 2.22. The van der Waals surface area contributed by atoms with Crippen molar-refractivity contribution < 1.29 is 13.9 Å². The van der Waals surface area contributed by atoms with Crippen LogP contribution in [0.4, 0.5) is 4.39 Å². The Morgan fingerprint density at radius 2 is 2.13 bits per heavy atom.